The lowest BCUT2D eigenvalue weighted by Gasteiger charge is -2.36. The Kier molecular flexibility index (Phi) is 5.31. The van der Waals surface area contributed by atoms with Gasteiger partial charge in [0.25, 0.3) is 0 Å². The molecule has 4 aromatic rings. The van der Waals surface area contributed by atoms with E-state index < -0.39 is 0 Å². The Labute approximate surface area is 190 Å². The van der Waals surface area contributed by atoms with E-state index in [1.165, 1.54) is 66.3 Å². The molecule has 2 N–H and O–H groups in total. The fraction of sp³-hybridized carbons (Fsp3) is 0.462. The Bertz CT molecular complexity index is 1120. The standard InChI is InChI=1S/C26H34N6/c1-18-14-20(3)31(29-18)16-22-8-10-24(27-22)26(12-6-5-7-13-26)25-11-9-23(28-25)17-32-21(4)15-19(2)30-32/h8-11,14-15,27-28H,5-7,12-13,16-17H2,1-4H3. The Balaban J connectivity index is 1.43. The van der Waals surface area contributed by atoms with E-state index in [0.717, 1.165) is 24.5 Å². The van der Waals surface area contributed by atoms with Crippen LogP contribution in [0.2, 0.25) is 0 Å². The first-order chi connectivity index (χ1) is 15.4. The lowest BCUT2D eigenvalue weighted by atomic mass is 9.69. The van der Waals surface area contributed by atoms with Crippen LogP contribution in [-0.4, -0.2) is 29.5 Å². The summed E-state index contributed by atoms with van der Waals surface area (Å²) in [5.41, 5.74) is 9.64. The maximum Gasteiger partial charge on any atom is 0.0812 e. The molecule has 6 nitrogen and oxygen atoms in total. The first-order valence-electron chi connectivity index (χ1n) is 11.8. The summed E-state index contributed by atoms with van der Waals surface area (Å²) < 4.78 is 4.17. The smallest absolute Gasteiger partial charge is 0.0812 e. The summed E-state index contributed by atoms with van der Waals surface area (Å²) in [6, 6.07) is 13.3. The van der Waals surface area contributed by atoms with Crippen molar-refractivity contribution in [3.05, 3.63) is 81.9 Å². The number of aromatic amines is 2. The van der Waals surface area contributed by atoms with Gasteiger partial charge in [-0.2, -0.15) is 10.2 Å². The van der Waals surface area contributed by atoms with Crippen LogP contribution in [0.15, 0.2) is 36.4 Å². The van der Waals surface area contributed by atoms with Gasteiger partial charge >= 0.3 is 0 Å². The quantitative estimate of drug-likeness (QED) is 0.435. The number of aryl methyl sites for hydroxylation is 4. The van der Waals surface area contributed by atoms with Crippen molar-refractivity contribution >= 4 is 0 Å². The summed E-state index contributed by atoms with van der Waals surface area (Å²) in [5, 5.41) is 9.27. The number of H-pyrrole nitrogens is 2. The van der Waals surface area contributed by atoms with Gasteiger partial charge in [-0.05, 0) is 76.9 Å². The molecule has 32 heavy (non-hydrogen) atoms. The minimum Gasteiger partial charge on any atom is -0.360 e. The highest BCUT2D eigenvalue weighted by Crippen LogP contribution is 2.44. The molecular formula is C26H34N6. The molecule has 6 heteroatoms. The Morgan fingerprint density at radius 1 is 0.719 bits per heavy atom. The van der Waals surface area contributed by atoms with Crippen molar-refractivity contribution < 1.29 is 0 Å². The maximum absolute atomic E-state index is 4.64. The minimum atomic E-state index is 0.0267. The van der Waals surface area contributed by atoms with Gasteiger partial charge in [0.05, 0.1) is 29.9 Å². The highest BCUT2D eigenvalue weighted by Gasteiger charge is 2.38. The molecule has 0 unspecified atom stereocenters. The van der Waals surface area contributed by atoms with E-state index in [9.17, 15) is 0 Å². The summed E-state index contributed by atoms with van der Waals surface area (Å²) in [6.07, 6.45) is 6.19. The molecule has 0 aromatic carbocycles. The average molecular weight is 431 g/mol. The molecule has 0 radical (unpaired) electrons. The van der Waals surface area contributed by atoms with E-state index in [4.69, 9.17) is 0 Å². The van der Waals surface area contributed by atoms with Crippen molar-refractivity contribution in [1.29, 1.82) is 0 Å². The summed E-state index contributed by atoms with van der Waals surface area (Å²) >= 11 is 0. The molecular weight excluding hydrogens is 396 g/mol. The lowest BCUT2D eigenvalue weighted by molar-refractivity contribution is 0.332. The highest BCUT2D eigenvalue weighted by molar-refractivity contribution is 5.36. The van der Waals surface area contributed by atoms with Crippen LogP contribution < -0.4 is 0 Å². The molecule has 0 atom stereocenters. The molecule has 168 valence electrons. The number of aromatic nitrogens is 6. The van der Waals surface area contributed by atoms with E-state index in [0.29, 0.717) is 0 Å². The molecule has 0 saturated heterocycles. The summed E-state index contributed by atoms with van der Waals surface area (Å²) in [5.74, 6) is 0. The molecule has 4 heterocycles. The van der Waals surface area contributed by atoms with E-state index >= 15 is 0 Å². The predicted molar refractivity (Wildman–Crippen MR) is 127 cm³/mol. The average Bonchev–Trinajstić information content (AvgIpc) is 3.54. The molecule has 0 aliphatic heterocycles. The number of hydrogen-bond donors (Lipinski definition) is 2. The SMILES string of the molecule is Cc1cc(C)n(Cc2ccc(C3(c4ccc(Cn5nc(C)cc5C)[nH]4)CCCCC3)[nH]2)n1. The van der Waals surface area contributed by atoms with Gasteiger partial charge in [-0.3, -0.25) is 9.36 Å². The van der Waals surface area contributed by atoms with E-state index in [2.05, 4.69) is 93.6 Å². The van der Waals surface area contributed by atoms with Gasteiger partial charge in [0.2, 0.25) is 0 Å². The van der Waals surface area contributed by atoms with E-state index in [1.807, 2.05) is 0 Å². The van der Waals surface area contributed by atoms with E-state index in [-0.39, 0.29) is 5.41 Å². The number of nitrogens with zero attached hydrogens (tertiary/aromatic N) is 4. The van der Waals surface area contributed by atoms with Gasteiger partial charge in [0.15, 0.2) is 0 Å². The summed E-state index contributed by atoms with van der Waals surface area (Å²) in [7, 11) is 0. The fourth-order valence-corrected chi connectivity index (χ4v) is 5.46. The van der Waals surface area contributed by atoms with Crippen molar-refractivity contribution in [1.82, 2.24) is 29.5 Å². The van der Waals surface area contributed by atoms with Crippen LogP contribution in [0.1, 0.15) is 77.7 Å². The van der Waals surface area contributed by atoms with Crippen LogP contribution in [0.25, 0.3) is 0 Å². The normalized spacial score (nSPS) is 16.0. The van der Waals surface area contributed by atoms with Gasteiger partial charge in [0.1, 0.15) is 0 Å². The fourth-order valence-electron chi connectivity index (χ4n) is 5.46. The second-order valence-electron chi connectivity index (χ2n) is 9.61. The van der Waals surface area contributed by atoms with Crippen molar-refractivity contribution in [3.63, 3.8) is 0 Å². The van der Waals surface area contributed by atoms with Gasteiger partial charge < -0.3 is 9.97 Å². The van der Waals surface area contributed by atoms with Crippen LogP contribution in [-0.2, 0) is 18.5 Å². The molecule has 1 aliphatic rings. The van der Waals surface area contributed by atoms with E-state index in [1.54, 1.807) is 0 Å². The van der Waals surface area contributed by atoms with Crippen LogP contribution in [0.3, 0.4) is 0 Å². The minimum absolute atomic E-state index is 0.0267. The third-order valence-corrected chi connectivity index (χ3v) is 7.08. The zero-order valence-electron chi connectivity index (χ0n) is 19.7. The van der Waals surface area contributed by atoms with Crippen molar-refractivity contribution in [3.8, 4) is 0 Å². The lowest BCUT2D eigenvalue weighted by Crippen LogP contribution is -2.31. The molecule has 1 fully saturated rings. The molecule has 4 aromatic heterocycles. The third kappa shape index (κ3) is 3.83. The molecule has 1 saturated carbocycles. The van der Waals surface area contributed by atoms with Crippen LogP contribution in [0.4, 0.5) is 0 Å². The predicted octanol–water partition coefficient (Wildman–Crippen LogP) is 5.32. The Hall–Kier alpha value is -3.02. The maximum atomic E-state index is 4.64. The summed E-state index contributed by atoms with van der Waals surface area (Å²) in [4.78, 5) is 7.56. The second-order valence-corrected chi connectivity index (χ2v) is 9.61. The number of rotatable bonds is 6. The molecule has 0 spiro atoms. The van der Waals surface area contributed by atoms with Crippen LogP contribution in [0, 0.1) is 27.7 Å². The largest absolute Gasteiger partial charge is 0.360 e. The van der Waals surface area contributed by atoms with Gasteiger partial charge in [-0.15, -0.1) is 0 Å². The number of hydrogen-bond acceptors (Lipinski definition) is 2. The molecule has 0 bridgehead atoms. The molecule has 1 aliphatic carbocycles. The number of nitrogens with one attached hydrogen (secondary N) is 2. The third-order valence-electron chi connectivity index (χ3n) is 7.08. The van der Waals surface area contributed by atoms with Crippen molar-refractivity contribution in [2.75, 3.05) is 0 Å². The first kappa shape index (κ1) is 20.9. The Morgan fingerprint density at radius 3 is 1.59 bits per heavy atom. The van der Waals surface area contributed by atoms with Crippen molar-refractivity contribution in [2.24, 2.45) is 0 Å². The molecule has 0 amide bonds. The topological polar surface area (TPSA) is 67.2 Å². The van der Waals surface area contributed by atoms with Crippen LogP contribution in [0.5, 0.6) is 0 Å². The Morgan fingerprint density at radius 2 is 1.19 bits per heavy atom. The highest BCUT2D eigenvalue weighted by atomic mass is 15.3. The van der Waals surface area contributed by atoms with Crippen molar-refractivity contribution in [2.45, 2.75) is 78.3 Å². The van der Waals surface area contributed by atoms with Gasteiger partial charge in [-0.1, -0.05) is 19.3 Å². The summed E-state index contributed by atoms with van der Waals surface area (Å²) in [6.45, 7) is 9.91. The zero-order chi connectivity index (χ0) is 22.3. The zero-order valence-corrected chi connectivity index (χ0v) is 19.7. The van der Waals surface area contributed by atoms with Gasteiger partial charge in [-0.25, -0.2) is 0 Å². The monoisotopic (exact) mass is 430 g/mol. The molecule has 5 rings (SSSR count). The first-order valence-corrected chi connectivity index (χ1v) is 11.8. The second kappa shape index (κ2) is 8.15. The van der Waals surface area contributed by atoms with Gasteiger partial charge in [0, 0.05) is 34.2 Å². The van der Waals surface area contributed by atoms with Crippen LogP contribution >= 0.6 is 0 Å².